The Morgan fingerprint density at radius 3 is 2.71 bits per heavy atom. The molecule has 92 valence electrons. The van der Waals surface area contributed by atoms with Gasteiger partial charge in [0.25, 0.3) is 5.91 Å². The zero-order chi connectivity index (χ0) is 12.8. The summed E-state index contributed by atoms with van der Waals surface area (Å²) in [6.07, 6.45) is 0.167. The number of rotatable bonds is 4. The second kappa shape index (κ2) is 6.34. The van der Waals surface area contributed by atoms with Crippen molar-refractivity contribution in [3.63, 3.8) is 0 Å². The monoisotopic (exact) mass is 302 g/mol. The Hall–Kier alpha value is -1.43. The van der Waals surface area contributed by atoms with E-state index in [2.05, 4.69) is 26.6 Å². The Bertz CT molecular complexity index is 437. The van der Waals surface area contributed by atoms with Gasteiger partial charge < -0.3 is 10.6 Å². The third kappa shape index (κ3) is 4.14. The molecular weight excluding hydrogens is 291 g/mol. The maximum atomic E-state index is 13.4. The Morgan fingerprint density at radius 2 is 2.12 bits per heavy atom. The first-order chi connectivity index (χ1) is 8.04. The van der Waals surface area contributed by atoms with E-state index < -0.39 is 11.7 Å². The molecule has 0 spiro atoms. The average molecular weight is 303 g/mol. The summed E-state index contributed by atoms with van der Waals surface area (Å²) in [5.41, 5.74) is -0.0369. The van der Waals surface area contributed by atoms with Gasteiger partial charge in [0.15, 0.2) is 0 Å². The van der Waals surface area contributed by atoms with Crippen LogP contribution in [0.4, 0.5) is 4.39 Å². The average Bonchev–Trinajstić information content (AvgIpc) is 2.28. The van der Waals surface area contributed by atoms with Gasteiger partial charge in [0.2, 0.25) is 5.91 Å². The second-order valence-electron chi connectivity index (χ2n) is 3.30. The van der Waals surface area contributed by atoms with E-state index in [0.717, 1.165) is 0 Å². The van der Waals surface area contributed by atoms with Crippen molar-refractivity contribution in [1.29, 1.82) is 0 Å². The van der Waals surface area contributed by atoms with Crippen molar-refractivity contribution in [1.82, 2.24) is 10.6 Å². The number of halogens is 2. The van der Waals surface area contributed by atoms with Gasteiger partial charge in [-0.25, -0.2) is 4.39 Å². The summed E-state index contributed by atoms with van der Waals surface area (Å²) in [5.74, 6) is -1.31. The highest BCUT2D eigenvalue weighted by atomic mass is 79.9. The van der Waals surface area contributed by atoms with Gasteiger partial charge in [0.05, 0.1) is 5.56 Å². The highest BCUT2D eigenvalue weighted by molar-refractivity contribution is 9.10. The lowest BCUT2D eigenvalue weighted by Gasteiger charge is -2.05. The first kappa shape index (κ1) is 13.6. The zero-order valence-electron chi connectivity index (χ0n) is 9.22. The molecule has 0 bridgehead atoms. The van der Waals surface area contributed by atoms with E-state index in [1.165, 1.54) is 19.2 Å². The molecule has 0 aromatic heterocycles. The molecule has 0 fully saturated rings. The molecule has 1 aromatic carbocycles. The van der Waals surface area contributed by atoms with Crippen LogP contribution in [0.1, 0.15) is 16.8 Å². The van der Waals surface area contributed by atoms with Gasteiger partial charge in [-0.2, -0.15) is 0 Å². The molecule has 0 aliphatic carbocycles. The molecule has 4 nitrogen and oxygen atoms in total. The lowest BCUT2D eigenvalue weighted by atomic mass is 10.2. The molecule has 0 saturated heterocycles. The van der Waals surface area contributed by atoms with Crippen LogP contribution in [0.15, 0.2) is 22.7 Å². The molecule has 0 atom stereocenters. The standard InChI is InChI=1S/C11H12BrFN2O2/c1-14-10(16)4-5-15-11(17)8-3-2-7(12)6-9(8)13/h2-3,6H,4-5H2,1H3,(H,14,16)(H,15,17). The number of nitrogens with one attached hydrogen (secondary N) is 2. The van der Waals surface area contributed by atoms with Gasteiger partial charge in [0, 0.05) is 24.5 Å². The van der Waals surface area contributed by atoms with Crippen molar-refractivity contribution >= 4 is 27.7 Å². The van der Waals surface area contributed by atoms with Crippen molar-refractivity contribution in [3.05, 3.63) is 34.1 Å². The molecule has 0 aliphatic heterocycles. The zero-order valence-corrected chi connectivity index (χ0v) is 10.8. The fourth-order valence-corrected chi connectivity index (χ4v) is 1.52. The molecule has 2 amide bonds. The highest BCUT2D eigenvalue weighted by Crippen LogP contribution is 2.14. The van der Waals surface area contributed by atoms with E-state index in [4.69, 9.17) is 0 Å². The molecule has 0 heterocycles. The predicted molar refractivity (Wildman–Crippen MR) is 65.1 cm³/mol. The summed E-state index contributed by atoms with van der Waals surface area (Å²) in [6, 6.07) is 4.18. The van der Waals surface area contributed by atoms with Crippen LogP contribution < -0.4 is 10.6 Å². The van der Waals surface area contributed by atoms with Gasteiger partial charge >= 0.3 is 0 Å². The fraction of sp³-hybridized carbons (Fsp3) is 0.273. The smallest absolute Gasteiger partial charge is 0.254 e. The van der Waals surface area contributed by atoms with Crippen LogP contribution in [0.2, 0.25) is 0 Å². The van der Waals surface area contributed by atoms with Crippen LogP contribution in [-0.4, -0.2) is 25.4 Å². The predicted octanol–water partition coefficient (Wildman–Crippen LogP) is 1.45. The largest absolute Gasteiger partial charge is 0.359 e. The van der Waals surface area contributed by atoms with Gasteiger partial charge in [-0.05, 0) is 18.2 Å². The van der Waals surface area contributed by atoms with Crippen LogP contribution in [0.5, 0.6) is 0 Å². The van der Waals surface area contributed by atoms with Gasteiger partial charge in [-0.3, -0.25) is 9.59 Å². The molecular formula is C11H12BrFN2O2. The minimum Gasteiger partial charge on any atom is -0.359 e. The molecule has 0 aliphatic rings. The quantitative estimate of drug-likeness (QED) is 0.884. The molecule has 0 saturated carbocycles. The van der Waals surface area contributed by atoms with Crippen LogP contribution in [0, 0.1) is 5.82 Å². The lowest BCUT2D eigenvalue weighted by molar-refractivity contribution is -0.120. The number of carbonyl (C=O) groups is 2. The molecule has 0 unspecified atom stereocenters. The number of amides is 2. The number of hydrogen-bond donors (Lipinski definition) is 2. The third-order valence-electron chi connectivity index (χ3n) is 2.09. The van der Waals surface area contributed by atoms with Crippen molar-refractivity contribution < 1.29 is 14.0 Å². The third-order valence-corrected chi connectivity index (χ3v) is 2.59. The maximum absolute atomic E-state index is 13.4. The fourth-order valence-electron chi connectivity index (χ4n) is 1.18. The lowest BCUT2D eigenvalue weighted by Crippen LogP contribution is -2.29. The summed E-state index contributed by atoms with van der Waals surface area (Å²) in [6.45, 7) is 0.175. The Morgan fingerprint density at radius 1 is 1.41 bits per heavy atom. The number of benzene rings is 1. The van der Waals surface area contributed by atoms with E-state index in [0.29, 0.717) is 4.47 Å². The first-order valence-corrected chi connectivity index (χ1v) is 5.77. The molecule has 1 aromatic rings. The second-order valence-corrected chi connectivity index (χ2v) is 4.22. The van der Waals surface area contributed by atoms with Crippen molar-refractivity contribution in [3.8, 4) is 0 Å². The molecule has 17 heavy (non-hydrogen) atoms. The summed E-state index contributed by atoms with van der Waals surface area (Å²) in [7, 11) is 1.51. The normalized spacial score (nSPS) is 9.82. The highest BCUT2D eigenvalue weighted by Gasteiger charge is 2.11. The molecule has 1 rings (SSSR count). The Kier molecular flexibility index (Phi) is 5.09. The Balaban J connectivity index is 2.55. The van der Waals surface area contributed by atoms with Crippen LogP contribution in [0.25, 0.3) is 0 Å². The van der Waals surface area contributed by atoms with E-state index in [1.54, 1.807) is 6.07 Å². The first-order valence-electron chi connectivity index (χ1n) is 4.98. The van der Waals surface area contributed by atoms with Crippen LogP contribution in [0.3, 0.4) is 0 Å². The maximum Gasteiger partial charge on any atom is 0.254 e. The summed E-state index contributed by atoms with van der Waals surface area (Å²) in [5, 5.41) is 4.90. The molecule has 0 radical (unpaired) electrons. The van der Waals surface area contributed by atoms with Crippen molar-refractivity contribution in [2.24, 2.45) is 0 Å². The van der Waals surface area contributed by atoms with E-state index in [-0.39, 0.29) is 24.4 Å². The van der Waals surface area contributed by atoms with Crippen molar-refractivity contribution in [2.45, 2.75) is 6.42 Å². The SMILES string of the molecule is CNC(=O)CCNC(=O)c1ccc(Br)cc1F. The van der Waals surface area contributed by atoms with Crippen LogP contribution >= 0.6 is 15.9 Å². The minimum absolute atomic E-state index is 0.0369. The van der Waals surface area contributed by atoms with Gasteiger partial charge in [-0.15, -0.1) is 0 Å². The number of carbonyl (C=O) groups excluding carboxylic acids is 2. The summed E-state index contributed by atoms with van der Waals surface area (Å²) >= 11 is 3.10. The van der Waals surface area contributed by atoms with E-state index in [9.17, 15) is 14.0 Å². The molecule has 6 heteroatoms. The summed E-state index contributed by atoms with van der Waals surface area (Å²) < 4.78 is 13.9. The number of hydrogen-bond acceptors (Lipinski definition) is 2. The Labute approximate surface area is 107 Å². The van der Waals surface area contributed by atoms with E-state index in [1.807, 2.05) is 0 Å². The summed E-state index contributed by atoms with van der Waals surface area (Å²) in [4.78, 5) is 22.4. The van der Waals surface area contributed by atoms with E-state index >= 15 is 0 Å². The van der Waals surface area contributed by atoms with Gasteiger partial charge in [0.1, 0.15) is 5.82 Å². The minimum atomic E-state index is -0.600. The van der Waals surface area contributed by atoms with Crippen LogP contribution in [-0.2, 0) is 4.79 Å². The van der Waals surface area contributed by atoms with Crippen molar-refractivity contribution in [2.75, 3.05) is 13.6 Å². The topological polar surface area (TPSA) is 58.2 Å². The van der Waals surface area contributed by atoms with Gasteiger partial charge in [-0.1, -0.05) is 15.9 Å². The molecule has 2 N–H and O–H groups in total.